The molecule has 2 atom stereocenters. The van der Waals surface area contributed by atoms with E-state index in [-0.39, 0.29) is 0 Å². The molecule has 8 heteroatoms. The van der Waals surface area contributed by atoms with Crippen LogP contribution in [-0.4, -0.2) is 123 Å². The summed E-state index contributed by atoms with van der Waals surface area (Å²) in [5.41, 5.74) is 0. The lowest BCUT2D eigenvalue weighted by molar-refractivity contribution is 0.0302. The zero-order valence-electron chi connectivity index (χ0n) is 14.6. The zero-order valence-corrected chi connectivity index (χ0v) is 14.6. The Balaban J connectivity index is 0.000000109. The Morgan fingerprint density at radius 1 is 0.458 bits per heavy atom. The average molecular weight is 336 g/mol. The predicted octanol–water partition coefficient (Wildman–Crippen LogP) is -3.07. The van der Waals surface area contributed by atoms with Gasteiger partial charge in [-0.25, -0.2) is 0 Å². The third kappa shape index (κ3) is 2.79. The van der Waals surface area contributed by atoms with E-state index in [1.54, 1.807) is 0 Å². The lowest BCUT2D eigenvalue weighted by Crippen LogP contribution is -2.68. The Labute approximate surface area is 144 Å². The second kappa shape index (κ2) is 6.77. The van der Waals surface area contributed by atoms with Gasteiger partial charge in [0.05, 0.1) is 24.7 Å². The van der Waals surface area contributed by atoms with E-state index in [4.69, 9.17) is 0 Å². The van der Waals surface area contributed by atoms with Crippen molar-refractivity contribution in [2.45, 2.75) is 24.7 Å². The molecule has 0 amide bonds. The second-order valence-corrected chi connectivity index (χ2v) is 7.74. The normalized spacial score (nSPS) is 43.0. The Morgan fingerprint density at radius 2 is 0.875 bits per heavy atom. The first-order valence-electron chi connectivity index (χ1n) is 9.80. The molecule has 0 aromatic carbocycles. The molecule has 24 heavy (non-hydrogen) atoms. The maximum absolute atomic E-state index is 3.55. The van der Waals surface area contributed by atoms with Crippen LogP contribution in [0, 0.1) is 0 Å². The van der Waals surface area contributed by atoms with Crippen molar-refractivity contribution in [2.24, 2.45) is 0 Å². The fraction of sp³-hybridized carbons (Fsp3) is 1.00. The minimum absolute atomic E-state index is 0.523. The molecule has 6 fully saturated rings. The zero-order chi connectivity index (χ0) is 15.9. The van der Waals surface area contributed by atoms with Crippen molar-refractivity contribution in [2.75, 3.05) is 78.5 Å². The van der Waals surface area contributed by atoms with Gasteiger partial charge in [0.15, 0.2) is 0 Å². The van der Waals surface area contributed by atoms with Gasteiger partial charge in [0.25, 0.3) is 0 Å². The van der Waals surface area contributed by atoms with E-state index in [0.717, 1.165) is 26.2 Å². The molecule has 0 aromatic heterocycles. The van der Waals surface area contributed by atoms with Gasteiger partial charge in [0, 0.05) is 78.5 Å². The molecule has 0 bridgehead atoms. The number of fused-ring (bicyclic) bond motifs is 3. The van der Waals surface area contributed by atoms with Crippen LogP contribution < -0.4 is 21.3 Å². The largest absolute Gasteiger partial charge is 0.298 e. The Morgan fingerprint density at radius 3 is 1.42 bits per heavy atom. The monoisotopic (exact) mass is 336 g/mol. The molecule has 136 valence electrons. The number of piperazine rings is 3. The number of nitrogens with zero attached hydrogens (tertiary/aromatic N) is 4. The quantitative estimate of drug-likeness (QED) is 0.372. The first kappa shape index (κ1) is 15.9. The summed E-state index contributed by atoms with van der Waals surface area (Å²) < 4.78 is 0. The molecule has 6 aliphatic rings. The highest BCUT2D eigenvalue weighted by atomic mass is 15.5. The van der Waals surface area contributed by atoms with Crippen LogP contribution in [-0.2, 0) is 0 Å². The van der Waals surface area contributed by atoms with E-state index in [2.05, 4.69) is 40.9 Å². The van der Waals surface area contributed by atoms with Crippen molar-refractivity contribution in [1.29, 1.82) is 0 Å². The molecule has 6 aliphatic heterocycles. The SMILES string of the molecule is C1CN2CCN3CCNC(N1)C23.C1CN2CCN3CCNC3C2N1. The molecule has 0 spiro atoms. The predicted molar refractivity (Wildman–Crippen MR) is 93.5 cm³/mol. The minimum atomic E-state index is 0.523. The van der Waals surface area contributed by atoms with E-state index in [9.17, 15) is 0 Å². The van der Waals surface area contributed by atoms with E-state index < -0.39 is 0 Å². The van der Waals surface area contributed by atoms with E-state index in [1.807, 2.05) is 0 Å². The summed E-state index contributed by atoms with van der Waals surface area (Å²) in [7, 11) is 0. The minimum Gasteiger partial charge on any atom is -0.298 e. The van der Waals surface area contributed by atoms with Gasteiger partial charge in [-0.05, 0) is 0 Å². The van der Waals surface area contributed by atoms with Crippen molar-refractivity contribution in [3.8, 4) is 0 Å². The van der Waals surface area contributed by atoms with E-state index in [0.29, 0.717) is 24.7 Å². The Hall–Kier alpha value is -0.320. The third-order valence-corrected chi connectivity index (χ3v) is 6.51. The van der Waals surface area contributed by atoms with Gasteiger partial charge in [-0.1, -0.05) is 0 Å². The van der Waals surface area contributed by atoms with Crippen LogP contribution in [0.15, 0.2) is 0 Å². The lowest BCUT2D eigenvalue weighted by atomic mass is 10.2. The smallest absolute Gasteiger partial charge is 0.0918 e. The maximum atomic E-state index is 3.55. The standard InChI is InChI=1S/2C8H16N4/c1-3-11-5-6-12-4-2-10-8(12)7(11)9-1;1-3-11-5-6-12-4-2-10-7(9-1)8(11)12/h2*7-10H,1-6H2. The van der Waals surface area contributed by atoms with Gasteiger partial charge < -0.3 is 0 Å². The maximum Gasteiger partial charge on any atom is 0.0918 e. The van der Waals surface area contributed by atoms with Gasteiger partial charge in [0.1, 0.15) is 0 Å². The molecule has 4 N–H and O–H groups in total. The summed E-state index contributed by atoms with van der Waals surface area (Å²) in [6, 6.07) is 0. The van der Waals surface area contributed by atoms with Crippen molar-refractivity contribution in [1.82, 2.24) is 40.9 Å². The molecule has 6 heterocycles. The van der Waals surface area contributed by atoms with Crippen LogP contribution in [0.2, 0.25) is 0 Å². The number of hydrogen-bond acceptors (Lipinski definition) is 8. The molecule has 0 saturated carbocycles. The van der Waals surface area contributed by atoms with Crippen LogP contribution in [0.4, 0.5) is 0 Å². The van der Waals surface area contributed by atoms with Gasteiger partial charge in [-0.15, -0.1) is 0 Å². The summed E-state index contributed by atoms with van der Waals surface area (Å²) in [6.45, 7) is 14.5. The van der Waals surface area contributed by atoms with E-state index >= 15 is 0 Å². The van der Waals surface area contributed by atoms with Gasteiger partial charge in [-0.2, -0.15) is 0 Å². The van der Waals surface area contributed by atoms with Crippen LogP contribution in [0.5, 0.6) is 0 Å². The highest BCUT2D eigenvalue weighted by Crippen LogP contribution is 2.21. The summed E-state index contributed by atoms with van der Waals surface area (Å²) in [5.74, 6) is 0. The average Bonchev–Trinajstić information content (AvgIpc) is 3.35. The molecular formula is C16H32N8. The van der Waals surface area contributed by atoms with Gasteiger partial charge >= 0.3 is 0 Å². The summed E-state index contributed by atoms with van der Waals surface area (Å²) >= 11 is 0. The lowest BCUT2D eigenvalue weighted by Gasteiger charge is -2.44. The molecule has 0 aromatic rings. The molecule has 2 unspecified atom stereocenters. The van der Waals surface area contributed by atoms with Crippen LogP contribution >= 0.6 is 0 Å². The first-order valence-corrected chi connectivity index (χ1v) is 9.80. The first-order chi connectivity index (χ1) is 11.9. The van der Waals surface area contributed by atoms with Gasteiger partial charge in [-0.3, -0.25) is 40.9 Å². The third-order valence-electron chi connectivity index (χ3n) is 6.51. The fourth-order valence-corrected chi connectivity index (χ4v) is 5.30. The molecule has 6 saturated heterocycles. The fourth-order valence-electron chi connectivity index (χ4n) is 5.30. The molecule has 8 nitrogen and oxygen atoms in total. The summed E-state index contributed by atoms with van der Waals surface area (Å²) in [4.78, 5) is 10.3. The highest BCUT2D eigenvalue weighted by molar-refractivity contribution is 4.96. The molecule has 0 aliphatic carbocycles. The van der Waals surface area contributed by atoms with E-state index in [1.165, 1.54) is 52.4 Å². The molecular weight excluding hydrogens is 304 g/mol. The Kier molecular flexibility index (Phi) is 4.48. The highest BCUT2D eigenvalue weighted by Gasteiger charge is 2.42. The summed E-state index contributed by atoms with van der Waals surface area (Å²) in [6.07, 6.45) is 2.34. The van der Waals surface area contributed by atoms with Gasteiger partial charge in [0.2, 0.25) is 0 Å². The van der Waals surface area contributed by atoms with Crippen LogP contribution in [0.3, 0.4) is 0 Å². The van der Waals surface area contributed by atoms with Crippen LogP contribution in [0.1, 0.15) is 0 Å². The molecule has 0 radical (unpaired) electrons. The van der Waals surface area contributed by atoms with Crippen molar-refractivity contribution in [3.05, 3.63) is 0 Å². The van der Waals surface area contributed by atoms with Crippen molar-refractivity contribution in [3.63, 3.8) is 0 Å². The number of hydrogen-bond donors (Lipinski definition) is 4. The Bertz CT molecular complexity index is 410. The van der Waals surface area contributed by atoms with Crippen LogP contribution in [0.25, 0.3) is 0 Å². The van der Waals surface area contributed by atoms with Crippen molar-refractivity contribution >= 4 is 0 Å². The summed E-state index contributed by atoms with van der Waals surface area (Å²) in [5, 5.41) is 14.2. The van der Waals surface area contributed by atoms with Crippen molar-refractivity contribution < 1.29 is 0 Å². The number of nitrogens with one attached hydrogen (secondary N) is 4. The molecule has 6 rings (SSSR count). The number of rotatable bonds is 0. The second-order valence-electron chi connectivity index (χ2n) is 7.74. The topological polar surface area (TPSA) is 61.1 Å².